The van der Waals surface area contributed by atoms with E-state index in [-0.39, 0.29) is 24.4 Å². The minimum atomic E-state index is -0.972. The Hall–Kier alpha value is -2.11. The molecule has 1 aliphatic carbocycles. The number of aliphatic hydroxyl groups excluding tert-OH is 1. The number of oxime groups is 1. The largest absolute Gasteiger partial charge is 0.511 e. The summed E-state index contributed by atoms with van der Waals surface area (Å²) in [6, 6.07) is 0. The molecule has 1 atom stereocenters. The predicted octanol–water partition coefficient (Wildman–Crippen LogP) is 2.95. The van der Waals surface area contributed by atoms with Gasteiger partial charge in [0.05, 0.1) is 18.4 Å². The van der Waals surface area contributed by atoms with Crippen LogP contribution < -0.4 is 0 Å². The van der Waals surface area contributed by atoms with Gasteiger partial charge in [0, 0.05) is 6.42 Å². The molecule has 128 valence electrons. The maximum absolute atomic E-state index is 12.8. The molecule has 0 saturated carbocycles. The minimum absolute atomic E-state index is 0.0606. The maximum Gasteiger partial charge on any atom is 0.317 e. The summed E-state index contributed by atoms with van der Waals surface area (Å²) in [4.78, 5) is 30.0. The highest BCUT2D eigenvalue weighted by atomic mass is 16.6. The van der Waals surface area contributed by atoms with Crippen molar-refractivity contribution < 1.29 is 24.3 Å². The van der Waals surface area contributed by atoms with Gasteiger partial charge >= 0.3 is 5.97 Å². The van der Waals surface area contributed by atoms with Gasteiger partial charge in [0.25, 0.3) is 0 Å². The monoisotopic (exact) mass is 323 g/mol. The molecule has 0 bridgehead atoms. The Bertz CT molecular complexity index is 545. The molecule has 0 aromatic heterocycles. The number of carbonyl (C=O) groups excluding carboxylic acids is 2. The summed E-state index contributed by atoms with van der Waals surface area (Å²) in [6.07, 6.45) is 2.89. The number of esters is 1. The van der Waals surface area contributed by atoms with Crippen LogP contribution in [0.15, 0.2) is 29.1 Å². The summed E-state index contributed by atoms with van der Waals surface area (Å²) in [7, 11) is 1.25. The zero-order chi connectivity index (χ0) is 17.6. The van der Waals surface area contributed by atoms with E-state index in [9.17, 15) is 14.7 Å². The first-order chi connectivity index (χ1) is 10.8. The summed E-state index contributed by atoms with van der Waals surface area (Å²) < 4.78 is 4.77. The van der Waals surface area contributed by atoms with Crippen LogP contribution in [0.4, 0.5) is 0 Å². The first kappa shape index (κ1) is 18.9. The molecule has 23 heavy (non-hydrogen) atoms. The fourth-order valence-corrected chi connectivity index (χ4v) is 2.74. The van der Waals surface area contributed by atoms with E-state index in [0.29, 0.717) is 18.6 Å². The van der Waals surface area contributed by atoms with Gasteiger partial charge in [-0.05, 0) is 11.8 Å². The first-order valence-corrected chi connectivity index (χ1v) is 7.64. The van der Waals surface area contributed by atoms with Gasteiger partial charge in [-0.2, -0.15) is 0 Å². The van der Waals surface area contributed by atoms with E-state index in [1.165, 1.54) is 13.2 Å². The normalized spacial score (nSPS) is 21.1. The van der Waals surface area contributed by atoms with Crippen LogP contribution in [0.2, 0.25) is 0 Å². The van der Waals surface area contributed by atoms with E-state index in [1.807, 2.05) is 6.92 Å². The SMILES string of the molecule is C=CCO/N=C(\CCC)C1=C(O)CC(C)(C)C(C(=O)OC)C1=O. The predicted molar refractivity (Wildman–Crippen MR) is 87.1 cm³/mol. The van der Waals surface area contributed by atoms with Crippen molar-refractivity contribution in [2.45, 2.75) is 40.0 Å². The summed E-state index contributed by atoms with van der Waals surface area (Å²) in [6.45, 7) is 9.16. The van der Waals surface area contributed by atoms with Crippen LogP contribution >= 0.6 is 0 Å². The summed E-state index contributed by atoms with van der Waals surface area (Å²) in [5, 5.41) is 14.3. The van der Waals surface area contributed by atoms with E-state index in [2.05, 4.69) is 11.7 Å². The Balaban J connectivity index is 3.30. The molecular formula is C17H25NO5. The number of carbonyl (C=O) groups is 2. The van der Waals surface area contributed by atoms with Gasteiger partial charge in [0.2, 0.25) is 0 Å². The van der Waals surface area contributed by atoms with Crippen LogP contribution in [0.1, 0.15) is 40.0 Å². The van der Waals surface area contributed by atoms with Crippen molar-refractivity contribution in [2.24, 2.45) is 16.5 Å². The smallest absolute Gasteiger partial charge is 0.317 e. The van der Waals surface area contributed by atoms with Crippen molar-refractivity contribution in [1.29, 1.82) is 0 Å². The van der Waals surface area contributed by atoms with Gasteiger partial charge in [0.15, 0.2) is 5.78 Å². The number of ether oxygens (including phenoxy) is 1. The number of ketones is 1. The van der Waals surface area contributed by atoms with Crippen LogP contribution in [-0.2, 0) is 19.2 Å². The summed E-state index contributed by atoms with van der Waals surface area (Å²) in [5.41, 5.74) is -0.302. The number of allylic oxidation sites excluding steroid dienone is 2. The molecule has 0 radical (unpaired) electrons. The van der Waals surface area contributed by atoms with Crippen LogP contribution in [0.25, 0.3) is 0 Å². The lowest BCUT2D eigenvalue weighted by atomic mass is 9.67. The summed E-state index contributed by atoms with van der Waals surface area (Å²) >= 11 is 0. The van der Waals surface area contributed by atoms with Crippen molar-refractivity contribution >= 4 is 17.5 Å². The second-order valence-corrected chi connectivity index (χ2v) is 6.18. The van der Waals surface area contributed by atoms with Crippen LogP contribution in [0, 0.1) is 11.3 Å². The Morgan fingerprint density at radius 3 is 2.70 bits per heavy atom. The Kier molecular flexibility index (Phi) is 6.54. The number of methoxy groups -OCH3 is 1. The lowest BCUT2D eigenvalue weighted by Crippen LogP contribution is -2.44. The molecule has 0 aliphatic heterocycles. The van der Waals surface area contributed by atoms with Gasteiger partial charge in [-0.25, -0.2) is 0 Å². The van der Waals surface area contributed by atoms with Crippen LogP contribution in [0.3, 0.4) is 0 Å². The molecule has 0 spiro atoms. The van der Waals surface area contributed by atoms with Gasteiger partial charge in [-0.3, -0.25) is 9.59 Å². The zero-order valence-corrected chi connectivity index (χ0v) is 14.2. The molecule has 0 aromatic rings. The average Bonchev–Trinajstić information content (AvgIpc) is 2.45. The Labute approximate surface area is 136 Å². The van der Waals surface area contributed by atoms with E-state index in [4.69, 9.17) is 9.57 Å². The molecule has 0 heterocycles. The van der Waals surface area contributed by atoms with E-state index >= 15 is 0 Å². The maximum atomic E-state index is 12.8. The van der Waals surface area contributed by atoms with Crippen molar-refractivity contribution in [3.63, 3.8) is 0 Å². The fourth-order valence-electron chi connectivity index (χ4n) is 2.74. The minimum Gasteiger partial charge on any atom is -0.511 e. The van der Waals surface area contributed by atoms with Crippen molar-refractivity contribution in [3.05, 3.63) is 24.0 Å². The van der Waals surface area contributed by atoms with Gasteiger partial charge in [-0.1, -0.05) is 45.0 Å². The number of nitrogens with zero attached hydrogens (tertiary/aromatic N) is 1. The topological polar surface area (TPSA) is 85.2 Å². The molecule has 0 aromatic carbocycles. The standard InChI is InChI=1S/C17H25NO5/c1-6-8-11(18-23-9-7-2)13-12(19)10-17(3,4)14(15(13)20)16(21)22-5/h7,14,19H,2,6,8-10H2,1,3-5H3/b18-11+. The van der Waals surface area contributed by atoms with E-state index in [1.54, 1.807) is 13.8 Å². The van der Waals surface area contributed by atoms with Crippen molar-refractivity contribution in [2.75, 3.05) is 13.7 Å². The highest BCUT2D eigenvalue weighted by Crippen LogP contribution is 2.42. The number of hydrogen-bond donors (Lipinski definition) is 1. The molecule has 6 nitrogen and oxygen atoms in total. The average molecular weight is 323 g/mol. The Morgan fingerprint density at radius 1 is 1.52 bits per heavy atom. The number of hydrogen-bond acceptors (Lipinski definition) is 6. The number of rotatable bonds is 7. The van der Waals surface area contributed by atoms with Crippen molar-refractivity contribution in [3.8, 4) is 0 Å². The molecule has 0 saturated heterocycles. The van der Waals surface area contributed by atoms with Gasteiger partial charge < -0.3 is 14.7 Å². The number of aliphatic hydroxyl groups is 1. The molecule has 1 unspecified atom stereocenters. The van der Waals surface area contributed by atoms with E-state index < -0.39 is 23.1 Å². The highest BCUT2D eigenvalue weighted by molar-refractivity contribution is 6.27. The summed E-state index contributed by atoms with van der Waals surface area (Å²) in [5.74, 6) is -2.11. The zero-order valence-electron chi connectivity index (χ0n) is 14.2. The molecule has 6 heteroatoms. The lowest BCUT2D eigenvalue weighted by Gasteiger charge is -2.36. The molecule has 0 fully saturated rings. The second kappa shape index (κ2) is 7.94. The molecule has 1 rings (SSSR count). The van der Waals surface area contributed by atoms with Crippen molar-refractivity contribution in [1.82, 2.24) is 0 Å². The quantitative estimate of drug-likeness (QED) is 0.194. The molecular weight excluding hydrogens is 298 g/mol. The highest BCUT2D eigenvalue weighted by Gasteiger charge is 2.48. The van der Waals surface area contributed by atoms with Gasteiger partial charge in [-0.15, -0.1) is 0 Å². The Morgan fingerprint density at radius 2 is 2.17 bits per heavy atom. The van der Waals surface area contributed by atoms with Crippen LogP contribution in [-0.4, -0.2) is 36.3 Å². The second-order valence-electron chi connectivity index (χ2n) is 6.18. The van der Waals surface area contributed by atoms with E-state index in [0.717, 1.165) is 0 Å². The molecule has 0 amide bonds. The fraction of sp³-hybridized carbons (Fsp3) is 0.588. The number of Topliss-reactive ketones (excluding diaryl/α,β-unsaturated/α-hetero) is 1. The molecule has 1 aliphatic rings. The third-order valence-corrected chi connectivity index (χ3v) is 3.78. The lowest BCUT2D eigenvalue weighted by molar-refractivity contribution is -0.154. The third kappa shape index (κ3) is 4.21. The van der Waals surface area contributed by atoms with Gasteiger partial charge in [0.1, 0.15) is 18.3 Å². The third-order valence-electron chi connectivity index (χ3n) is 3.78. The molecule has 1 N–H and O–H groups in total. The first-order valence-electron chi connectivity index (χ1n) is 7.64. The van der Waals surface area contributed by atoms with Crippen LogP contribution in [0.5, 0.6) is 0 Å².